The van der Waals surface area contributed by atoms with Gasteiger partial charge in [0, 0.05) is 37.1 Å². The number of pyridine rings is 1. The SMILES string of the molecule is CCC(=O)c1cc2c(C)c(C)n(Cc3ccccc3)c2c(N2CCc3ccccc3C2)n1. The zero-order chi connectivity index (χ0) is 22.2. The van der Waals surface area contributed by atoms with Gasteiger partial charge in [-0.2, -0.15) is 0 Å². The van der Waals surface area contributed by atoms with E-state index in [2.05, 4.69) is 77.9 Å². The normalized spacial score (nSPS) is 13.4. The lowest BCUT2D eigenvalue weighted by Gasteiger charge is -2.31. The summed E-state index contributed by atoms with van der Waals surface area (Å²) in [4.78, 5) is 20.0. The monoisotopic (exact) mass is 423 g/mol. The van der Waals surface area contributed by atoms with E-state index in [9.17, 15) is 4.79 Å². The summed E-state index contributed by atoms with van der Waals surface area (Å²) < 4.78 is 2.38. The number of carbonyl (C=O) groups excluding carboxylic acids is 1. The van der Waals surface area contributed by atoms with Gasteiger partial charge in [-0.15, -0.1) is 0 Å². The summed E-state index contributed by atoms with van der Waals surface area (Å²) in [5.74, 6) is 1.03. The van der Waals surface area contributed by atoms with Gasteiger partial charge in [0.2, 0.25) is 0 Å². The summed E-state index contributed by atoms with van der Waals surface area (Å²) >= 11 is 0. The summed E-state index contributed by atoms with van der Waals surface area (Å²) in [5, 5.41) is 1.14. The van der Waals surface area contributed by atoms with Gasteiger partial charge >= 0.3 is 0 Å². The van der Waals surface area contributed by atoms with Gasteiger partial charge in [-0.1, -0.05) is 61.5 Å². The largest absolute Gasteiger partial charge is 0.350 e. The van der Waals surface area contributed by atoms with Crippen LogP contribution in [0.1, 0.15) is 51.8 Å². The van der Waals surface area contributed by atoms with Crippen LogP contribution in [0.2, 0.25) is 0 Å². The molecule has 32 heavy (non-hydrogen) atoms. The van der Waals surface area contributed by atoms with Crippen molar-refractivity contribution in [1.82, 2.24) is 9.55 Å². The van der Waals surface area contributed by atoms with E-state index < -0.39 is 0 Å². The molecule has 0 saturated carbocycles. The van der Waals surface area contributed by atoms with Crippen LogP contribution in [0.3, 0.4) is 0 Å². The molecule has 162 valence electrons. The van der Waals surface area contributed by atoms with Gasteiger partial charge < -0.3 is 9.47 Å². The second kappa shape index (κ2) is 8.27. The topological polar surface area (TPSA) is 38.1 Å². The molecule has 2 aromatic heterocycles. The molecular formula is C28H29N3O. The highest BCUT2D eigenvalue weighted by Crippen LogP contribution is 2.35. The molecule has 1 aliphatic heterocycles. The number of fused-ring (bicyclic) bond motifs is 2. The van der Waals surface area contributed by atoms with E-state index in [4.69, 9.17) is 4.98 Å². The smallest absolute Gasteiger partial charge is 0.181 e. The number of benzene rings is 2. The van der Waals surface area contributed by atoms with Crippen molar-refractivity contribution in [2.75, 3.05) is 11.4 Å². The van der Waals surface area contributed by atoms with Crippen molar-refractivity contribution >= 4 is 22.5 Å². The van der Waals surface area contributed by atoms with Crippen LogP contribution in [-0.2, 0) is 19.5 Å². The molecular weight excluding hydrogens is 394 g/mol. The maximum absolute atomic E-state index is 12.7. The Morgan fingerprint density at radius 1 is 1.00 bits per heavy atom. The third-order valence-electron chi connectivity index (χ3n) is 6.82. The first kappa shape index (κ1) is 20.5. The Morgan fingerprint density at radius 3 is 2.47 bits per heavy atom. The Kier molecular flexibility index (Phi) is 5.30. The number of rotatable bonds is 5. The highest BCUT2D eigenvalue weighted by Gasteiger charge is 2.25. The summed E-state index contributed by atoms with van der Waals surface area (Å²) in [6.45, 7) is 8.75. The fourth-order valence-corrected chi connectivity index (χ4v) is 4.83. The molecule has 4 heteroatoms. The van der Waals surface area contributed by atoms with Gasteiger partial charge in [0.15, 0.2) is 11.6 Å². The van der Waals surface area contributed by atoms with E-state index in [-0.39, 0.29) is 5.78 Å². The number of aromatic nitrogens is 2. The average Bonchev–Trinajstić information content (AvgIpc) is 3.08. The zero-order valence-electron chi connectivity index (χ0n) is 19.1. The van der Waals surface area contributed by atoms with Crippen LogP contribution in [0.15, 0.2) is 60.7 Å². The minimum absolute atomic E-state index is 0.0958. The van der Waals surface area contributed by atoms with Crippen LogP contribution in [0.25, 0.3) is 10.9 Å². The van der Waals surface area contributed by atoms with Crippen LogP contribution in [-0.4, -0.2) is 21.9 Å². The first-order valence-corrected chi connectivity index (χ1v) is 11.5. The molecule has 5 rings (SSSR count). The number of carbonyl (C=O) groups is 1. The Bertz CT molecular complexity index is 1300. The minimum Gasteiger partial charge on any atom is -0.350 e. The number of anilines is 1. The summed E-state index contributed by atoms with van der Waals surface area (Å²) in [6, 6.07) is 21.2. The molecule has 3 heterocycles. The third-order valence-corrected chi connectivity index (χ3v) is 6.82. The van der Waals surface area contributed by atoms with E-state index in [0.717, 1.165) is 42.8 Å². The molecule has 4 nitrogen and oxygen atoms in total. The second-order valence-electron chi connectivity index (χ2n) is 8.73. The van der Waals surface area contributed by atoms with Crippen molar-refractivity contribution in [3.05, 3.63) is 94.3 Å². The fourth-order valence-electron chi connectivity index (χ4n) is 4.83. The standard InChI is InChI=1S/C28H29N3O/c1-4-26(32)25-16-24-19(2)20(3)31(17-21-10-6-5-7-11-21)27(24)28(29-25)30-15-14-22-12-8-9-13-23(22)18-30/h5-13,16H,4,14-15,17-18H2,1-3H3. The van der Waals surface area contributed by atoms with Crippen molar-refractivity contribution in [3.63, 3.8) is 0 Å². The lowest BCUT2D eigenvalue weighted by molar-refractivity contribution is 0.0983. The van der Waals surface area contributed by atoms with E-state index in [1.165, 1.54) is 27.9 Å². The van der Waals surface area contributed by atoms with Crippen LogP contribution in [0, 0.1) is 13.8 Å². The molecule has 0 fully saturated rings. The molecule has 1 aliphatic rings. The lowest BCUT2D eigenvalue weighted by Crippen LogP contribution is -2.32. The molecule has 0 bridgehead atoms. The first-order valence-electron chi connectivity index (χ1n) is 11.5. The average molecular weight is 424 g/mol. The van der Waals surface area contributed by atoms with Gasteiger partial charge in [-0.25, -0.2) is 4.98 Å². The van der Waals surface area contributed by atoms with E-state index in [1.807, 2.05) is 13.0 Å². The quantitative estimate of drug-likeness (QED) is 0.378. The Balaban J connectivity index is 1.71. The zero-order valence-corrected chi connectivity index (χ0v) is 19.1. The number of hydrogen-bond donors (Lipinski definition) is 0. The molecule has 0 radical (unpaired) electrons. The molecule has 0 spiro atoms. The summed E-state index contributed by atoms with van der Waals surface area (Å²) in [6.07, 6.45) is 1.45. The van der Waals surface area contributed by atoms with E-state index >= 15 is 0 Å². The van der Waals surface area contributed by atoms with Crippen molar-refractivity contribution < 1.29 is 4.79 Å². The predicted octanol–water partition coefficient (Wildman–Crippen LogP) is 5.86. The van der Waals surface area contributed by atoms with Gasteiger partial charge in [-0.05, 0) is 48.6 Å². The highest BCUT2D eigenvalue weighted by molar-refractivity contribution is 6.02. The third kappa shape index (κ3) is 3.50. The molecule has 0 amide bonds. The summed E-state index contributed by atoms with van der Waals surface area (Å²) in [7, 11) is 0. The van der Waals surface area contributed by atoms with E-state index in [0.29, 0.717) is 12.1 Å². The predicted molar refractivity (Wildman–Crippen MR) is 131 cm³/mol. The van der Waals surface area contributed by atoms with Gasteiger partial charge in [0.25, 0.3) is 0 Å². The first-order chi connectivity index (χ1) is 15.6. The molecule has 4 aromatic rings. The van der Waals surface area contributed by atoms with Gasteiger partial charge in [-0.3, -0.25) is 4.79 Å². The van der Waals surface area contributed by atoms with Crippen molar-refractivity contribution in [3.8, 4) is 0 Å². The maximum Gasteiger partial charge on any atom is 0.181 e. The second-order valence-corrected chi connectivity index (χ2v) is 8.73. The van der Waals surface area contributed by atoms with Crippen LogP contribution < -0.4 is 4.90 Å². The number of Topliss-reactive ketones (excluding diaryl/α,β-unsaturated/α-hetero) is 1. The molecule has 2 aromatic carbocycles. The Morgan fingerprint density at radius 2 is 1.72 bits per heavy atom. The molecule has 0 N–H and O–H groups in total. The molecule has 0 atom stereocenters. The molecule has 0 unspecified atom stereocenters. The van der Waals surface area contributed by atoms with Gasteiger partial charge in [0.1, 0.15) is 5.69 Å². The number of ketones is 1. The van der Waals surface area contributed by atoms with Crippen LogP contribution in [0.5, 0.6) is 0 Å². The lowest BCUT2D eigenvalue weighted by atomic mass is 9.99. The fraction of sp³-hybridized carbons (Fsp3) is 0.286. The minimum atomic E-state index is 0.0958. The molecule has 0 saturated heterocycles. The highest BCUT2D eigenvalue weighted by atomic mass is 16.1. The van der Waals surface area contributed by atoms with Crippen molar-refractivity contribution in [2.24, 2.45) is 0 Å². The van der Waals surface area contributed by atoms with Crippen LogP contribution in [0.4, 0.5) is 5.82 Å². The Labute approximate surface area is 189 Å². The maximum atomic E-state index is 12.7. The Hall–Kier alpha value is -3.40. The number of aryl methyl sites for hydroxylation is 1. The van der Waals surface area contributed by atoms with Crippen molar-refractivity contribution in [1.29, 1.82) is 0 Å². The number of hydrogen-bond acceptors (Lipinski definition) is 3. The number of nitrogens with zero attached hydrogens (tertiary/aromatic N) is 3. The van der Waals surface area contributed by atoms with Gasteiger partial charge in [0.05, 0.1) is 5.52 Å². The van der Waals surface area contributed by atoms with E-state index in [1.54, 1.807) is 0 Å². The molecule has 0 aliphatic carbocycles. The van der Waals surface area contributed by atoms with Crippen molar-refractivity contribution in [2.45, 2.75) is 46.7 Å². The summed E-state index contributed by atoms with van der Waals surface area (Å²) in [5.41, 5.74) is 8.18. The van der Waals surface area contributed by atoms with Crippen LogP contribution >= 0.6 is 0 Å².